The minimum absolute atomic E-state index is 0.114. The Labute approximate surface area is 164 Å². The summed E-state index contributed by atoms with van der Waals surface area (Å²) in [6.45, 7) is 0.298. The van der Waals surface area contributed by atoms with Gasteiger partial charge in [0.15, 0.2) is 22.8 Å². The van der Waals surface area contributed by atoms with Gasteiger partial charge in [0.05, 0.1) is 13.7 Å². The first kappa shape index (κ1) is 19.4. The summed E-state index contributed by atoms with van der Waals surface area (Å²) in [5.41, 5.74) is 0.574. The van der Waals surface area contributed by atoms with Crippen LogP contribution in [-0.2, 0) is 25.6 Å². The first-order valence-corrected chi connectivity index (χ1v) is 9.39. The van der Waals surface area contributed by atoms with Crippen LogP contribution in [0.25, 0.3) is 11.0 Å². The zero-order chi connectivity index (χ0) is 20.6. The first-order valence-electron chi connectivity index (χ1n) is 9.39. The van der Waals surface area contributed by atoms with Gasteiger partial charge in [-0.15, -0.1) is 0 Å². The van der Waals surface area contributed by atoms with Gasteiger partial charge in [-0.25, -0.2) is 0 Å². The Morgan fingerprint density at radius 2 is 2.10 bits per heavy atom. The second-order valence-electron chi connectivity index (χ2n) is 6.95. The highest BCUT2D eigenvalue weighted by Crippen LogP contribution is 2.35. The Morgan fingerprint density at radius 3 is 2.86 bits per heavy atom. The van der Waals surface area contributed by atoms with Crippen molar-refractivity contribution >= 4 is 16.9 Å². The molecule has 0 saturated heterocycles. The van der Waals surface area contributed by atoms with E-state index in [1.807, 2.05) is 0 Å². The molecule has 154 valence electrons. The van der Waals surface area contributed by atoms with E-state index in [9.17, 15) is 18.0 Å². The summed E-state index contributed by atoms with van der Waals surface area (Å²) in [4.78, 5) is 12.4. The Morgan fingerprint density at radius 1 is 1.31 bits per heavy atom. The molecule has 9 heteroatoms. The lowest BCUT2D eigenvalue weighted by molar-refractivity contribution is -0.142. The minimum atomic E-state index is -4.47. The average Bonchev–Trinajstić information content (AvgIpc) is 3.29. The summed E-state index contributed by atoms with van der Waals surface area (Å²) in [7, 11) is 1.51. The molecule has 0 bridgehead atoms. The predicted molar refractivity (Wildman–Crippen MR) is 99.0 cm³/mol. The van der Waals surface area contributed by atoms with E-state index in [-0.39, 0.29) is 18.8 Å². The molecule has 0 fully saturated rings. The van der Waals surface area contributed by atoms with Crippen LogP contribution in [0.4, 0.5) is 13.2 Å². The summed E-state index contributed by atoms with van der Waals surface area (Å²) in [5, 5.41) is 7.20. The molecule has 1 aliphatic rings. The number of methoxy groups -OCH3 is 1. The molecule has 1 aromatic carbocycles. The maximum atomic E-state index is 13.3. The Balaban J connectivity index is 1.47. The maximum Gasteiger partial charge on any atom is 0.435 e. The van der Waals surface area contributed by atoms with Crippen molar-refractivity contribution in [1.82, 2.24) is 15.1 Å². The minimum Gasteiger partial charge on any atom is -0.493 e. The van der Waals surface area contributed by atoms with Crippen LogP contribution in [0.15, 0.2) is 28.7 Å². The van der Waals surface area contributed by atoms with E-state index < -0.39 is 17.8 Å². The lowest BCUT2D eigenvalue weighted by Gasteiger charge is -2.14. The van der Waals surface area contributed by atoms with Crippen LogP contribution in [0.5, 0.6) is 5.75 Å². The van der Waals surface area contributed by atoms with Crippen molar-refractivity contribution in [2.45, 2.75) is 38.4 Å². The van der Waals surface area contributed by atoms with Crippen LogP contribution >= 0.6 is 0 Å². The van der Waals surface area contributed by atoms with Crippen molar-refractivity contribution in [3.8, 4) is 5.75 Å². The highest BCUT2D eigenvalue weighted by Gasteiger charge is 2.39. The number of furan rings is 1. The molecule has 2 aromatic heterocycles. The number of carbonyl (C=O) groups excluding carboxylic acids is 1. The second kappa shape index (κ2) is 7.46. The molecule has 0 atom stereocenters. The number of nitrogens with one attached hydrogen (secondary N) is 1. The van der Waals surface area contributed by atoms with Gasteiger partial charge in [-0.2, -0.15) is 18.3 Å². The summed E-state index contributed by atoms with van der Waals surface area (Å²) in [6, 6.07) is 6.92. The topological polar surface area (TPSA) is 69.3 Å². The van der Waals surface area contributed by atoms with Crippen LogP contribution in [0.1, 0.15) is 40.3 Å². The van der Waals surface area contributed by atoms with Crippen molar-refractivity contribution in [1.29, 1.82) is 0 Å². The maximum absolute atomic E-state index is 13.3. The molecule has 0 unspecified atom stereocenters. The van der Waals surface area contributed by atoms with Crippen LogP contribution < -0.4 is 10.1 Å². The first-order chi connectivity index (χ1) is 13.9. The molecule has 6 nitrogen and oxygen atoms in total. The van der Waals surface area contributed by atoms with E-state index >= 15 is 0 Å². The Hall–Kier alpha value is -2.97. The molecule has 1 aliphatic carbocycles. The standard InChI is InChI=1S/C20H20F3N3O3/c1-28-15-8-4-5-12-11-16(29-17(12)15)19(27)24-9-10-26-14-7-3-2-6-13(14)18(25-26)20(21,22)23/h4-5,8,11H,2-3,6-7,9-10H2,1H3,(H,24,27). The van der Waals surface area contributed by atoms with E-state index in [1.54, 1.807) is 24.3 Å². The number of ether oxygens (including phenoxy) is 1. The molecule has 4 rings (SSSR count). The summed E-state index contributed by atoms with van der Waals surface area (Å²) in [6.07, 6.45) is -1.95. The fourth-order valence-electron chi connectivity index (χ4n) is 3.75. The molecular formula is C20H20F3N3O3. The SMILES string of the molecule is COc1cccc2cc(C(=O)NCCn3nc(C(F)(F)F)c4c3CCCC4)oc12. The number of para-hydroxylation sites is 1. The highest BCUT2D eigenvalue weighted by molar-refractivity contribution is 5.97. The van der Waals surface area contributed by atoms with Gasteiger partial charge in [-0.05, 0) is 37.8 Å². The lowest BCUT2D eigenvalue weighted by atomic mass is 9.95. The van der Waals surface area contributed by atoms with Gasteiger partial charge in [-0.1, -0.05) is 12.1 Å². The van der Waals surface area contributed by atoms with Gasteiger partial charge in [-0.3, -0.25) is 9.48 Å². The number of alkyl halides is 3. The zero-order valence-corrected chi connectivity index (χ0v) is 15.8. The van der Waals surface area contributed by atoms with Crippen molar-refractivity contribution < 1.29 is 27.1 Å². The highest BCUT2D eigenvalue weighted by atomic mass is 19.4. The smallest absolute Gasteiger partial charge is 0.435 e. The molecule has 3 aromatic rings. The monoisotopic (exact) mass is 407 g/mol. The van der Waals surface area contributed by atoms with Gasteiger partial charge in [0, 0.05) is 23.2 Å². The van der Waals surface area contributed by atoms with Crippen LogP contribution in [-0.4, -0.2) is 29.3 Å². The molecule has 2 heterocycles. The molecule has 1 amide bonds. The fourth-order valence-corrected chi connectivity index (χ4v) is 3.75. The number of hydrogen-bond donors (Lipinski definition) is 1. The Bertz CT molecular complexity index is 1050. The molecular weight excluding hydrogens is 387 g/mol. The van der Waals surface area contributed by atoms with Crippen LogP contribution in [0, 0.1) is 0 Å². The quantitative estimate of drug-likeness (QED) is 0.695. The second-order valence-corrected chi connectivity index (χ2v) is 6.95. The van der Waals surface area contributed by atoms with Crippen molar-refractivity contribution in [3.05, 3.63) is 47.0 Å². The number of halogens is 3. The van der Waals surface area contributed by atoms with Gasteiger partial charge in [0.2, 0.25) is 0 Å². The van der Waals surface area contributed by atoms with Crippen molar-refractivity contribution in [3.63, 3.8) is 0 Å². The number of nitrogens with zero attached hydrogens (tertiary/aromatic N) is 2. The van der Waals surface area contributed by atoms with E-state index in [0.29, 0.717) is 35.4 Å². The number of amides is 1. The number of fused-ring (bicyclic) bond motifs is 2. The van der Waals surface area contributed by atoms with Crippen molar-refractivity contribution in [2.75, 3.05) is 13.7 Å². The third-order valence-corrected chi connectivity index (χ3v) is 5.09. The third-order valence-electron chi connectivity index (χ3n) is 5.09. The van der Waals surface area contributed by atoms with E-state index in [2.05, 4.69) is 10.4 Å². The number of carbonyl (C=O) groups is 1. The summed E-state index contributed by atoms with van der Waals surface area (Å²) < 4.78 is 51.9. The molecule has 0 saturated carbocycles. The van der Waals surface area contributed by atoms with E-state index in [4.69, 9.17) is 9.15 Å². The van der Waals surface area contributed by atoms with Gasteiger partial charge >= 0.3 is 6.18 Å². The lowest BCUT2D eigenvalue weighted by Crippen LogP contribution is -2.28. The van der Waals surface area contributed by atoms with Gasteiger partial charge < -0.3 is 14.5 Å². The van der Waals surface area contributed by atoms with Crippen molar-refractivity contribution in [2.24, 2.45) is 0 Å². The normalized spacial score (nSPS) is 14.1. The van der Waals surface area contributed by atoms with Gasteiger partial charge in [0.25, 0.3) is 5.91 Å². The number of rotatable bonds is 5. The molecule has 0 radical (unpaired) electrons. The average molecular weight is 407 g/mol. The number of hydrogen-bond acceptors (Lipinski definition) is 4. The predicted octanol–water partition coefficient (Wildman–Crippen LogP) is 3.97. The van der Waals surface area contributed by atoms with Gasteiger partial charge in [0.1, 0.15) is 0 Å². The fraction of sp³-hybridized carbons (Fsp3) is 0.400. The number of benzene rings is 1. The van der Waals surface area contributed by atoms with Crippen LogP contribution in [0.2, 0.25) is 0 Å². The van der Waals surface area contributed by atoms with Crippen LogP contribution in [0.3, 0.4) is 0 Å². The zero-order valence-electron chi connectivity index (χ0n) is 15.8. The molecule has 0 aliphatic heterocycles. The summed E-state index contributed by atoms with van der Waals surface area (Å²) in [5.74, 6) is 0.188. The largest absolute Gasteiger partial charge is 0.493 e. The summed E-state index contributed by atoms with van der Waals surface area (Å²) >= 11 is 0. The number of aromatic nitrogens is 2. The molecule has 29 heavy (non-hydrogen) atoms. The third kappa shape index (κ3) is 3.68. The van der Waals surface area contributed by atoms with E-state index in [0.717, 1.165) is 18.2 Å². The molecule has 1 N–H and O–H groups in total. The Kier molecular flexibility index (Phi) is 4.97. The molecule has 0 spiro atoms. The van der Waals surface area contributed by atoms with E-state index in [1.165, 1.54) is 11.8 Å².